The molecule has 1 fully saturated rings. The molecule has 1 aromatic heterocycles. The summed E-state index contributed by atoms with van der Waals surface area (Å²) in [5.41, 5.74) is 0.595. The quantitative estimate of drug-likeness (QED) is 0.230. The first-order chi connectivity index (χ1) is 19.0. The van der Waals surface area contributed by atoms with Gasteiger partial charge in [0, 0.05) is 43.9 Å². The van der Waals surface area contributed by atoms with Crippen LogP contribution in [0.1, 0.15) is 44.1 Å². The number of hydrogen-bond acceptors (Lipinski definition) is 8. The van der Waals surface area contributed by atoms with Crippen molar-refractivity contribution in [1.82, 2.24) is 25.1 Å². The van der Waals surface area contributed by atoms with Gasteiger partial charge in [-0.15, -0.1) is 0 Å². The summed E-state index contributed by atoms with van der Waals surface area (Å²) in [6, 6.07) is 8.94. The van der Waals surface area contributed by atoms with Crippen LogP contribution >= 0.6 is 7.60 Å². The molecule has 3 amide bonds. The van der Waals surface area contributed by atoms with Gasteiger partial charge in [-0.3, -0.25) is 14.2 Å². The Morgan fingerprint density at radius 3 is 2.30 bits per heavy atom. The average molecular weight is 577 g/mol. The van der Waals surface area contributed by atoms with Crippen molar-refractivity contribution in [1.29, 1.82) is 0 Å². The largest absolute Gasteiger partial charge is 0.449 e. The van der Waals surface area contributed by atoms with Gasteiger partial charge in [0.2, 0.25) is 5.91 Å². The van der Waals surface area contributed by atoms with Crippen LogP contribution in [0, 0.1) is 0 Å². The fourth-order valence-electron chi connectivity index (χ4n) is 4.03. The molecule has 0 aliphatic carbocycles. The molecule has 0 saturated carbocycles. The molecule has 1 aromatic carbocycles. The van der Waals surface area contributed by atoms with Gasteiger partial charge in [0.25, 0.3) is 5.91 Å². The molecule has 1 aliphatic heterocycles. The third-order valence-corrected chi connectivity index (χ3v) is 6.86. The van der Waals surface area contributed by atoms with Gasteiger partial charge in [0.15, 0.2) is 5.82 Å². The monoisotopic (exact) mass is 576 g/mol. The fraction of sp³-hybridized carbons (Fsp3) is 0.500. The van der Waals surface area contributed by atoms with Crippen LogP contribution in [-0.2, 0) is 14.1 Å². The van der Waals surface area contributed by atoms with E-state index in [9.17, 15) is 28.7 Å². The molecule has 0 spiro atoms. The van der Waals surface area contributed by atoms with Gasteiger partial charge in [-0.05, 0) is 20.3 Å². The molecule has 4 N–H and O–H groups in total. The summed E-state index contributed by atoms with van der Waals surface area (Å²) in [6.45, 7) is 6.76. The van der Waals surface area contributed by atoms with E-state index in [1.54, 1.807) is 24.3 Å². The van der Waals surface area contributed by atoms with E-state index in [0.717, 1.165) is 12.8 Å². The van der Waals surface area contributed by atoms with Crippen molar-refractivity contribution in [2.45, 2.75) is 45.7 Å². The zero-order valence-corrected chi connectivity index (χ0v) is 23.8. The highest BCUT2D eigenvalue weighted by Crippen LogP contribution is 2.35. The minimum Gasteiger partial charge on any atom is -0.449 e. The molecule has 1 aliphatic rings. The number of ether oxygens (including phenoxy) is 1. The van der Waals surface area contributed by atoms with Gasteiger partial charge in [0.05, 0.1) is 12.8 Å². The predicted molar refractivity (Wildman–Crippen MR) is 149 cm³/mol. The Hall–Kier alpha value is -3.54. The third-order valence-electron chi connectivity index (χ3n) is 6.02. The normalized spacial score (nSPS) is 14.6. The first-order valence-corrected chi connectivity index (χ1v) is 15.0. The molecule has 3 rings (SSSR count). The van der Waals surface area contributed by atoms with Crippen LogP contribution in [0.4, 0.5) is 10.6 Å². The maximum Gasteiger partial charge on any atom is 0.409 e. The number of amides is 3. The zero-order valence-electron chi connectivity index (χ0n) is 22.9. The molecule has 0 radical (unpaired) electrons. The Morgan fingerprint density at radius 1 is 1.05 bits per heavy atom. The first-order valence-electron chi connectivity index (χ1n) is 13.2. The minimum absolute atomic E-state index is 0.000937. The van der Waals surface area contributed by atoms with Crippen molar-refractivity contribution in [2.24, 2.45) is 0 Å². The average Bonchev–Trinajstić information content (AvgIpc) is 2.91. The van der Waals surface area contributed by atoms with Gasteiger partial charge in [-0.25, -0.2) is 14.8 Å². The molecule has 13 nitrogen and oxygen atoms in total. The van der Waals surface area contributed by atoms with Gasteiger partial charge in [-0.1, -0.05) is 43.7 Å². The molecule has 218 valence electrons. The van der Waals surface area contributed by atoms with Gasteiger partial charge >= 0.3 is 13.7 Å². The van der Waals surface area contributed by atoms with Crippen molar-refractivity contribution in [2.75, 3.05) is 44.3 Å². The minimum atomic E-state index is -4.70. The van der Waals surface area contributed by atoms with E-state index < -0.39 is 37.7 Å². The molecule has 1 saturated heterocycles. The lowest BCUT2D eigenvalue weighted by atomic mass is 10.2. The number of carbonyl (C=O) groups excluding carboxylic acids is 3. The highest BCUT2D eigenvalue weighted by atomic mass is 31.2. The number of piperazine rings is 1. The number of carbonyl (C=O) groups is 3. The fourth-order valence-corrected chi connectivity index (χ4v) is 4.75. The molecule has 0 bridgehead atoms. The van der Waals surface area contributed by atoms with Crippen LogP contribution in [0.25, 0.3) is 11.4 Å². The van der Waals surface area contributed by atoms with Gasteiger partial charge in [-0.2, -0.15) is 0 Å². The van der Waals surface area contributed by atoms with E-state index >= 15 is 0 Å². The Balaban J connectivity index is 1.77. The van der Waals surface area contributed by atoms with Crippen LogP contribution in [0.2, 0.25) is 0 Å². The molecule has 1 atom stereocenters. The van der Waals surface area contributed by atoms with E-state index in [0.29, 0.717) is 18.0 Å². The number of hydrogen-bond donors (Lipinski definition) is 4. The van der Waals surface area contributed by atoms with E-state index in [-0.39, 0.29) is 43.7 Å². The molecule has 0 unspecified atom stereocenters. The first kappa shape index (κ1) is 31.0. The van der Waals surface area contributed by atoms with Gasteiger partial charge < -0.3 is 35.0 Å². The molecule has 2 aromatic rings. The lowest BCUT2D eigenvalue weighted by Crippen LogP contribution is -2.56. The lowest BCUT2D eigenvalue weighted by Gasteiger charge is -2.36. The highest BCUT2D eigenvalue weighted by Gasteiger charge is 2.35. The molecular formula is C26H37N6O7P. The Bertz CT molecular complexity index is 1220. The number of nitrogens with zero attached hydrogens (tertiary/aromatic N) is 4. The number of rotatable bonds is 11. The maximum absolute atomic E-state index is 13.3. The van der Waals surface area contributed by atoms with Crippen molar-refractivity contribution < 1.29 is 33.5 Å². The van der Waals surface area contributed by atoms with Crippen LogP contribution in [-0.4, -0.2) is 98.5 Å². The summed E-state index contributed by atoms with van der Waals surface area (Å²) in [5.74, 6) is -0.783. The van der Waals surface area contributed by atoms with E-state index in [2.05, 4.69) is 20.6 Å². The van der Waals surface area contributed by atoms with Crippen molar-refractivity contribution in [3.05, 3.63) is 42.1 Å². The number of aromatic nitrogens is 2. The van der Waals surface area contributed by atoms with Crippen molar-refractivity contribution in [3.8, 4) is 11.4 Å². The summed E-state index contributed by atoms with van der Waals surface area (Å²) in [6.07, 6.45) is 0.289. The summed E-state index contributed by atoms with van der Waals surface area (Å²) in [5, 5.41) is 5.60. The zero-order chi connectivity index (χ0) is 29.3. The Kier molecular flexibility index (Phi) is 11.0. The molecule has 2 heterocycles. The topological polar surface area (TPSA) is 174 Å². The smallest absolute Gasteiger partial charge is 0.409 e. The molecule has 14 heteroatoms. The number of anilines is 1. The summed E-state index contributed by atoms with van der Waals surface area (Å²) in [4.78, 5) is 69.8. The van der Waals surface area contributed by atoms with E-state index in [1.807, 2.05) is 26.8 Å². The molecular weight excluding hydrogens is 539 g/mol. The van der Waals surface area contributed by atoms with Gasteiger partial charge in [0.1, 0.15) is 17.6 Å². The number of nitrogens with one attached hydrogen (secondary N) is 2. The second-order valence-electron chi connectivity index (χ2n) is 9.78. The second-order valence-corrected chi connectivity index (χ2v) is 11.5. The van der Waals surface area contributed by atoms with Crippen LogP contribution < -0.4 is 10.6 Å². The summed E-state index contributed by atoms with van der Waals surface area (Å²) >= 11 is 0. The van der Waals surface area contributed by atoms with Crippen LogP contribution in [0.3, 0.4) is 0 Å². The number of benzene rings is 1. The Morgan fingerprint density at radius 2 is 1.70 bits per heavy atom. The SMILES string of the molecule is CCCCOC(=O)N1CCN(C(=O)[C@H](CP(=O)(O)O)NC(=O)c2cc(NC(C)C)nc(-c3ccccc3)n2)CC1. The Labute approximate surface area is 233 Å². The predicted octanol–water partition coefficient (Wildman–Crippen LogP) is 2.32. The summed E-state index contributed by atoms with van der Waals surface area (Å²) < 4.78 is 17.1. The second kappa shape index (κ2) is 14.2. The van der Waals surface area contributed by atoms with E-state index in [1.165, 1.54) is 15.9 Å². The van der Waals surface area contributed by atoms with Crippen LogP contribution in [0.15, 0.2) is 36.4 Å². The number of unbranched alkanes of at least 4 members (excludes halogenated alkanes) is 1. The standard InChI is InChI=1S/C26H37N6O7P/c1-4-5-15-39-26(35)32-13-11-31(12-14-32)25(34)21(17-40(36,37)38)29-24(33)20-16-22(27-18(2)3)30-23(28-20)19-9-7-6-8-10-19/h6-10,16,18,21H,4-5,11-15,17H2,1-3H3,(H,29,33)(H,27,28,30)(H2,36,37,38)/t21-/m0/s1. The maximum atomic E-state index is 13.3. The molecule has 40 heavy (non-hydrogen) atoms. The highest BCUT2D eigenvalue weighted by molar-refractivity contribution is 7.51. The van der Waals surface area contributed by atoms with Crippen LogP contribution in [0.5, 0.6) is 0 Å². The summed E-state index contributed by atoms with van der Waals surface area (Å²) in [7, 11) is -4.70. The van der Waals surface area contributed by atoms with Crippen molar-refractivity contribution in [3.63, 3.8) is 0 Å². The van der Waals surface area contributed by atoms with Crippen molar-refractivity contribution >= 4 is 31.3 Å². The third kappa shape index (κ3) is 9.29. The lowest BCUT2D eigenvalue weighted by molar-refractivity contribution is -0.134. The van der Waals surface area contributed by atoms with E-state index in [4.69, 9.17) is 4.74 Å².